The van der Waals surface area contributed by atoms with E-state index in [1.807, 2.05) is 0 Å². The van der Waals surface area contributed by atoms with Gasteiger partial charge in [0, 0.05) is 13.8 Å². The molecule has 0 atom stereocenters. The van der Waals surface area contributed by atoms with Crippen molar-refractivity contribution in [2.45, 2.75) is 13.8 Å². The Morgan fingerprint density at radius 3 is 1.67 bits per heavy atom. The van der Waals surface area contributed by atoms with Gasteiger partial charge >= 0.3 is 18.7 Å². The summed E-state index contributed by atoms with van der Waals surface area (Å²) in [4.78, 5) is 19.9. The molecule has 50 valence electrons. The Bertz CT molecular complexity index is 104. The SMILES string of the molecule is CC(=O)O[C]OC(C)=O. The maximum atomic E-state index is 9.95. The molecule has 0 bridgehead atoms. The van der Waals surface area contributed by atoms with Crippen LogP contribution in [0.5, 0.6) is 0 Å². The Kier molecular flexibility index (Phi) is 3.43. The van der Waals surface area contributed by atoms with E-state index in [-0.39, 0.29) is 0 Å². The molecule has 2 radical (unpaired) electrons. The van der Waals surface area contributed by atoms with Gasteiger partial charge in [-0.05, 0) is 0 Å². The van der Waals surface area contributed by atoms with Gasteiger partial charge in [-0.15, -0.1) is 0 Å². The molecule has 0 heterocycles. The molecule has 0 aliphatic carbocycles. The smallest absolute Gasteiger partial charge is 0.408 e. The van der Waals surface area contributed by atoms with Crippen molar-refractivity contribution in [3.63, 3.8) is 0 Å². The molecule has 0 aromatic heterocycles. The molecule has 0 fully saturated rings. The minimum Gasteiger partial charge on any atom is -0.408 e. The van der Waals surface area contributed by atoms with Crippen LogP contribution in [0.15, 0.2) is 0 Å². The van der Waals surface area contributed by atoms with Crippen LogP contribution >= 0.6 is 0 Å². The molecule has 9 heavy (non-hydrogen) atoms. The van der Waals surface area contributed by atoms with Crippen LogP contribution in [0.25, 0.3) is 0 Å². The molecule has 0 saturated heterocycles. The summed E-state index contributed by atoms with van der Waals surface area (Å²) >= 11 is 0. The quantitative estimate of drug-likeness (QED) is 0.498. The molecule has 0 saturated carbocycles. The summed E-state index contributed by atoms with van der Waals surface area (Å²) in [6.07, 6.45) is 0. The van der Waals surface area contributed by atoms with Crippen LogP contribution in [0.1, 0.15) is 13.8 Å². The van der Waals surface area contributed by atoms with Crippen molar-refractivity contribution in [3.8, 4) is 0 Å². The van der Waals surface area contributed by atoms with Crippen molar-refractivity contribution in [2.24, 2.45) is 0 Å². The minimum absolute atomic E-state index is 0.573. The molecule has 0 N–H and O–H groups in total. The summed E-state index contributed by atoms with van der Waals surface area (Å²) in [6, 6.07) is 0. The van der Waals surface area contributed by atoms with Crippen molar-refractivity contribution in [1.82, 2.24) is 0 Å². The van der Waals surface area contributed by atoms with Crippen LogP contribution in [-0.2, 0) is 19.1 Å². The number of carbonyl (C=O) groups excluding carboxylic acids is 2. The fourth-order valence-corrected chi connectivity index (χ4v) is 0.138. The van der Waals surface area contributed by atoms with Gasteiger partial charge in [0.15, 0.2) is 0 Å². The zero-order valence-electron chi connectivity index (χ0n) is 5.13. The molecular weight excluding hydrogens is 124 g/mol. The first-order valence-corrected chi connectivity index (χ1v) is 2.22. The van der Waals surface area contributed by atoms with Gasteiger partial charge < -0.3 is 9.47 Å². The topological polar surface area (TPSA) is 52.6 Å². The maximum Gasteiger partial charge on any atom is 0.432 e. The minimum atomic E-state index is -0.573. The first-order valence-electron chi connectivity index (χ1n) is 2.22. The van der Waals surface area contributed by atoms with Crippen molar-refractivity contribution >= 4 is 11.9 Å². The summed E-state index contributed by atoms with van der Waals surface area (Å²) in [5.74, 6) is -1.15. The molecule has 0 unspecified atom stereocenters. The van der Waals surface area contributed by atoms with Gasteiger partial charge in [0.2, 0.25) is 0 Å². The van der Waals surface area contributed by atoms with E-state index in [0.29, 0.717) is 0 Å². The molecule has 0 rings (SSSR count). The van der Waals surface area contributed by atoms with Gasteiger partial charge in [0.25, 0.3) is 0 Å². The fourth-order valence-electron chi connectivity index (χ4n) is 0.138. The van der Waals surface area contributed by atoms with E-state index in [9.17, 15) is 9.59 Å². The standard InChI is InChI=1S/C5H6O4/c1-4(6)8-3-9-5(2)7/h1-2H3. The van der Waals surface area contributed by atoms with Crippen molar-refractivity contribution in [1.29, 1.82) is 0 Å². The van der Waals surface area contributed by atoms with E-state index in [1.54, 1.807) is 6.79 Å². The predicted octanol–water partition coefficient (Wildman–Crippen LogP) is 0.109. The molecule has 0 aromatic rings. The molecular formula is C5H6O4. The van der Waals surface area contributed by atoms with Gasteiger partial charge in [0.1, 0.15) is 0 Å². The average Bonchev–Trinajstić information content (AvgIpc) is 1.63. The number of rotatable bonds is 2. The van der Waals surface area contributed by atoms with E-state index >= 15 is 0 Å². The zero-order valence-corrected chi connectivity index (χ0v) is 5.13. The van der Waals surface area contributed by atoms with Crippen LogP contribution < -0.4 is 0 Å². The first-order chi connectivity index (χ1) is 4.13. The average molecular weight is 130 g/mol. The second kappa shape index (κ2) is 3.88. The first kappa shape index (κ1) is 7.94. The maximum absolute atomic E-state index is 9.95. The molecule has 0 spiro atoms. The molecule has 0 aromatic carbocycles. The number of hydrogen-bond donors (Lipinski definition) is 0. The van der Waals surface area contributed by atoms with E-state index in [2.05, 4.69) is 9.47 Å². The Balaban J connectivity index is 3.10. The summed E-state index contributed by atoms with van der Waals surface area (Å²) in [5.41, 5.74) is 0. The fraction of sp³-hybridized carbons (Fsp3) is 0.400. The van der Waals surface area contributed by atoms with E-state index in [1.165, 1.54) is 13.8 Å². The van der Waals surface area contributed by atoms with Crippen LogP contribution in [0.2, 0.25) is 0 Å². The van der Waals surface area contributed by atoms with Crippen LogP contribution in [0.4, 0.5) is 0 Å². The van der Waals surface area contributed by atoms with Crippen LogP contribution in [0, 0.1) is 6.79 Å². The number of ether oxygens (including phenoxy) is 2. The summed E-state index contributed by atoms with van der Waals surface area (Å²) in [7, 11) is 0. The van der Waals surface area contributed by atoms with E-state index in [0.717, 1.165) is 0 Å². The van der Waals surface area contributed by atoms with E-state index in [4.69, 9.17) is 0 Å². The third-order valence-electron chi connectivity index (χ3n) is 0.371. The summed E-state index contributed by atoms with van der Waals surface area (Å²) < 4.78 is 8.04. The monoisotopic (exact) mass is 130 g/mol. The Morgan fingerprint density at radius 2 is 1.44 bits per heavy atom. The second-order valence-corrected chi connectivity index (χ2v) is 1.27. The van der Waals surface area contributed by atoms with Crippen LogP contribution in [0.3, 0.4) is 0 Å². The highest BCUT2D eigenvalue weighted by Gasteiger charge is 1.98. The summed E-state index contributed by atoms with van der Waals surface area (Å²) in [6.45, 7) is 4.04. The third-order valence-corrected chi connectivity index (χ3v) is 0.371. The molecule has 0 aliphatic heterocycles. The molecule has 0 amide bonds. The van der Waals surface area contributed by atoms with Gasteiger partial charge in [-0.25, -0.2) is 0 Å². The second-order valence-electron chi connectivity index (χ2n) is 1.27. The van der Waals surface area contributed by atoms with Gasteiger partial charge in [-0.3, -0.25) is 9.59 Å². The molecule has 4 heteroatoms. The lowest BCUT2D eigenvalue weighted by atomic mass is 10.8. The lowest BCUT2D eigenvalue weighted by molar-refractivity contribution is -0.152. The van der Waals surface area contributed by atoms with Gasteiger partial charge in [0.05, 0.1) is 0 Å². The Labute approximate surface area is 52.7 Å². The van der Waals surface area contributed by atoms with Gasteiger partial charge in [-0.1, -0.05) is 0 Å². The Morgan fingerprint density at radius 1 is 1.11 bits per heavy atom. The van der Waals surface area contributed by atoms with Crippen molar-refractivity contribution in [2.75, 3.05) is 0 Å². The highest BCUT2D eigenvalue weighted by atomic mass is 16.7. The largest absolute Gasteiger partial charge is 0.432 e. The lowest BCUT2D eigenvalue weighted by Crippen LogP contribution is -2.01. The lowest BCUT2D eigenvalue weighted by Gasteiger charge is -1.94. The highest BCUT2D eigenvalue weighted by molar-refractivity contribution is 5.68. The number of carbonyl (C=O) groups is 2. The Hall–Kier alpha value is -1.06. The molecule has 0 aliphatic rings. The van der Waals surface area contributed by atoms with Gasteiger partial charge in [-0.2, -0.15) is 0 Å². The number of esters is 2. The molecule has 4 nitrogen and oxygen atoms in total. The highest BCUT2D eigenvalue weighted by Crippen LogP contribution is 1.85. The zero-order chi connectivity index (χ0) is 7.28. The van der Waals surface area contributed by atoms with Crippen LogP contribution in [-0.4, -0.2) is 11.9 Å². The van der Waals surface area contributed by atoms with Crippen molar-refractivity contribution in [3.05, 3.63) is 6.79 Å². The normalized spacial score (nSPS) is 8.22. The summed E-state index contributed by atoms with van der Waals surface area (Å²) in [5, 5.41) is 0. The van der Waals surface area contributed by atoms with E-state index < -0.39 is 11.9 Å². The van der Waals surface area contributed by atoms with Crippen molar-refractivity contribution < 1.29 is 19.1 Å². The number of hydrogen-bond acceptors (Lipinski definition) is 4. The third kappa shape index (κ3) is 6.94. The predicted molar refractivity (Wildman–Crippen MR) is 26.8 cm³/mol.